The second-order valence-corrected chi connectivity index (χ2v) is 7.22. The summed E-state index contributed by atoms with van der Waals surface area (Å²) in [5.74, 6) is 0. The highest BCUT2D eigenvalue weighted by molar-refractivity contribution is 7.87. The Kier molecular flexibility index (Phi) is 11.7. The molecule has 0 heterocycles. The van der Waals surface area contributed by atoms with Crippen LogP contribution in [0.3, 0.4) is 0 Å². The molecule has 128 valence electrons. The molecule has 0 aromatic carbocycles. The minimum Gasteiger partial charge on any atom is -0.383 e. The fraction of sp³-hybridized carbons (Fsp3) is 1.00. The summed E-state index contributed by atoms with van der Waals surface area (Å²) in [5, 5.41) is 3.45. The van der Waals surface area contributed by atoms with Gasteiger partial charge in [0.15, 0.2) is 0 Å². The number of nitrogens with one attached hydrogen (secondary N) is 2. The van der Waals surface area contributed by atoms with Gasteiger partial charge in [-0.2, -0.15) is 12.7 Å². The number of rotatable bonds is 9. The van der Waals surface area contributed by atoms with Crippen molar-refractivity contribution in [1.82, 2.24) is 14.3 Å². The second-order valence-electron chi connectivity index (χ2n) is 5.36. The van der Waals surface area contributed by atoms with Crippen LogP contribution in [0.1, 0.15) is 38.5 Å². The van der Waals surface area contributed by atoms with Crippen LogP contribution in [0.5, 0.6) is 0 Å². The number of ether oxygens (including phenoxy) is 1. The summed E-state index contributed by atoms with van der Waals surface area (Å²) in [5.41, 5.74) is 0. The van der Waals surface area contributed by atoms with Crippen molar-refractivity contribution in [1.29, 1.82) is 0 Å². The van der Waals surface area contributed by atoms with Gasteiger partial charge in [-0.1, -0.05) is 25.7 Å². The molecule has 6 nitrogen and oxygen atoms in total. The molecule has 0 aliphatic heterocycles. The Morgan fingerprint density at radius 3 is 2.33 bits per heavy atom. The Hall–Kier alpha value is 0.0800. The summed E-state index contributed by atoms with van der Waals surface area (Å²) in [6, 6.07) is 0.549. The van der Waals surface area contributed by atoms with E-state index in [4.69, 9.17) is 4.74 Å². The monoisotopic (exact) mass is 343 g/mol. The molecule has 1 aliphatic rings. The Labute approximate surface area is 135 Å². The zero-order valence-corrected chi connectivity index (χ0v) is 14.8. The molecule has 0 aromatic heterocycles. The number of nitrogens with zero attached hydrogens (tertiary/aromatic N) is 1. The minimum atomic E-state index is -3.38. The van der Waals surface area contributed by atoms with Gasteiger partial charge in [-0.15, -0.1) is 12.4 Å². The van der Waals surface area contributed by atoms with Gasteiger partial charge >= 0.3 is 0 Å². The molecular formula is C13H30ClN3O3S. The highest BCUT2D eigenvalue weighted by Gasteiger charge is 2.16. The van der Waals surface area contributed by atoms with E-state index in [1.165, 1.54) is 42.8 Å². The Bertz CT molecular complexity index is 347. The van der Waals surface area contributed by atoms with Gasteiger partial charge in [0.1, 0.15) is 0 Å². The van der Waals surface area contributed by atoms with Gasteiger partial charge < -0.3 is 10.1 Å². The molecule has 0 aromatic rings. The third kappa shape index (κ3) is 8.95. The average Bonchev–Trinajstić information content (AvgIpc) is 2.69. The molecule has 0 radical (unpaired) electrons. The molecule has 8 heteroatoms. The lowest BCUT2D eigenvalue weighted by Crippen LogP contribution is -2.43. The van der Waals surface area contributed by atoms with Crippen molar-refractivity contribution in [3.63, 3.8) is 0 Å². The SMILES string of the molecule is COCCN(C)S(=O)(=O)NCCNC1CCCCCC1.Cl. The van der Waals surface area contributed by atoms with E-state index < -0.39 is 10.2 Å². The van der Waals surface area contributed by atoms with E-state index in [-0.39, 0.29) is 12.4 Å². The first-order chi connectivity index (χ1) is 9.56. The van der Waals surface area contributed by atoms with Crippen LogP contribution in [-0.2, 0) is 14.9 Å². The Morgan fingerprint density at radius 1 is 1.14 bits per heavy atom. The molecule has 0 bridgehead atoms. The molecule has 0 saturated heterocycles. The molecule has 1 aliphatic carbocycles. The molecule has 2 N–H and O–H groups in total. The molecular weight excluding hydrogens is 314 g/mol. The molecule has 1 saturated carbocycles. The Morgan fingerprint density at radius 2 is 1.76 bits per heavy atom. The third-order valence-corrected chi connectivity index (χ3v) is 5.29. The minimum absolute atomic E-state index is 0. The van der Waals surface area contributed by atoms with E-state index in [9.17, 15) is 8.42 Å². The van der Waals surface area contributed by atoms with Crippen LogP contribution in [0.2, 0.25) is 0 Å². The molecule has 0 spiro atoms. The van der Waals surface area contributed by atoms with E-state index >= 15 is 0 Å². The summed E-state index contributed by atoms with van der Waals surface area (Å²) in [7, 11) is -0.264. The number of methoxy groups -OCH3 is 1. The first kappa shape index (κ1) is 21.1. The van der Waals surface area contributed by atoms with Gasteiger partial charge in [0.2, 0.25) is 0 Å². The van der Waals surface area contributed by atoms with Crippen LogP contribution >= 0.6 is 12.4 Å². The Balaban J connectivity index is 0.00000400. The first-order valence-corrected chi connectivity index (χ1v) is 8.93. The molecule has 0 atom stereocenters. The fourth-order valence-electron chi connectivity index (χ4n) is 2.39. The van der Waals surface area contributed by atoms with Crippen molar-refractivity contribution in [2.24, 2.45) is 0 Å². The molecule has 1 rings (SSSR count). The molecule has 21 heavy (non-hydrogen) atoms. The largest absolute Gasteiger partial charge is 0.383 e. The van der Waals surface area contributed by atoms with Gasteiger partial charge in [-0.25, -0.2) is 4.72 Å². The predicted octanol–water partition coefficient (Wildman–Crippen LogP) is 1.13. The van der Waals surface area contributed by atoms with Crippen LogP contribution in [-0.4, -0.2) is 59.2 Å². The van der Waals surface area contributed by atoms with Crippen molar-refractivity contribution in [3.05, 3.63) is 0 Å². The maximum Gasteiger partial charge on any atom is 0.279 e. The number of likely N-dealkylation sites (N-methyl/N-ethyl adjacent to an activating group) is 1. The van der Waals surface area contributed by atoms with Crippen molar-refractivity contribution in [2.75, 3.05) is 40.4 Å². The van der Waals surface area contributed by atoms with Crippen molar-refractivity contribution < 1.29 is 13.2 Å². The van der Waals surface area contributed by atoms with Crippen LogP contribution < -0.4 is 10.0 Å². The zero-order valence-electron chi connectivity index (χ0n) is 13.1. The van der Waals surface area contributed by atoms with Crippen LogP contribution in [0.25, 0.3) is 0 Å². The first-order valence-electron chi connectivity index (χ1n) is 7.49. The van der Waals surface area contributed by atoms with Gasteiger partial charge in [0.25, 0.3) is 10.2 Å². The lowest BCUT2D eigenvalue weighted by molar-refractivity contribution is 0.184. The zero-order chi connectivity index (χ0) is 14.8. The van der Waals surface area contributed by atoms with Crippen LogP contribution in [0.15, 0.2) is 0 Å². The maximum atomic E-state index is 11.9. The summed E-state index contributed by atoms with van der Waals surface area (Å²) in [4.78, 5) is 0. The van der Waals surface area contributed by atoms with E-state index in [0.717, 1.165) is 0 Å². The number of hydrogen-bond acceptors (Lipinski definition) is 4. The second kappa shape index (κ2) is 11.6. The number of hydrogen-bond donors (Lipinski definition) is 2. The lowest BCUT2D eigenvalue weighted by Gasteiger charge is -2.19. The van der Waals surface area contributed by atoms with Gasteiger partial charge in [0, 0.05) is 39.8 Å². The van der Waals surface area contributed by atoms with Gasteiger partial charge in [-0.3, -0.25) is 0 Å². The fourth-order valence-corrected chi connectivity index (χ4v) is 3.29. The smallest absolute Gasteiger partial charge is 0.279 e. The van der Waals surface area contributed by atoms with Crippen molar-refractivity contribution in [2.45, 2.75) is 44.6 Å². The average molecular weight is 344 g/mol. The van der Waals surface area contributed by atoms with Gasteiger partial charge in [0.05, 0.1) is 6.61 Å². The van der Waals surface area contributed by atoms with Gasteiger partial charge in [-0.05, 0) is 12.8 Å². The highest BCUT2D eigenvalue weighted by Crippen LogP contribution is 2.16. The highest BCUT2D eigenvalue weighted by atomic mass is 35.5. The summed E-state index contributed by atoms with van der Waals surface area (Å²) >= 11 is 0. The predicted molar refractivity (Wildman–Crippen MR) is 88.2 cm³/mol. The normalized spacial score (nSPS) is 17.5. The van der Waals surface area contributed by atoms with E-state index in [1.54, 1.807) is 14.2 Å². The summed E-state index contributed by atoms with van der Waals surface area (Å²) in [6.45, 7) is 1.87. The third-order valence-electron chi connectivity index (χ3n) is 3.72. The lowest BCUT2D eigenvalue weighted by atomic mass is 10.1. The van der Waals surface area contributed by atoms with Crippen LogP contribution in [0.4, 0.5) is 0 Å². The topological polar surface area (TPSA) is 70.7 Å². The van der Waals surface area contributed by atoms with E-state index in [2.05, 4.69) is 10.0 Å². The maximum absolute atomic E-state index is 11.9. The van der Waals surface area contributed by atoms with Crippen LogP contribution in [0, 0.1) is 0 Å². The standard InChI is InChI=1S/C13H29N3O3S.ClH/c1-16(11-12-19-2)20(17,18)15-10-9-14-13-7-5-3-4-6-8-13;/h13-15H,3-12H2,1-2H3;1H. The quantitative estimate of drug-likeness (QED) is 0.486. The molecule has 1 fully saturated rings. The van der Waals surface area contributed by atoms with Crippen molar-refractivity contribution in [3.8, 4) is 0 Å². The summed E-state index contributed by atoms with van der Waals surface area (Å²) in [6.07, 6.45) is 7.64. The van der Waals surface area contributed by atoms with E-state index in [0.29, 0.717) is 32.3 Å². The van der Waals surface area contributed by atoms with E-state index in [1.807, 2.05) is 0 Å². The molecule has 0 amide bonds. The summed E-state index contributed by atoms with van der Waals surface area (Å²) < 4.78 is 32.5. The number of halogens is 1. The van der Waals surface area contributed by atoms with Crippen molar-refractivity contribution >= 4 is 22.6 Å². The molecule has 0 unspecified atom stereocenters.